The number of quaternary nitrogens is 1. The molecule has 1 N–H and O–H groups in total. The van der Waals surface area contributed by atoms with Crippen LogP contribution in [-0.4, -0.2) is 63.6 Å². The Bertz CT molecular complexity index is 856. The highest BCUT2D eigenvalue weighted by molar-refractivity contribution is 6.05. The Hall–Kier alpha value is -2.86. The largest absolute Gasteiger partial charge is 0.484 e. The molecule has 30 heavy (non-hydrogen) atoms. The Morgan fingerprint density at radius 2 is 1.60 bits per heavy atom. The monoisotopic (exact) mass is 410 g/mol. The first-order chi connectivity index (χ1) is 14.3. The summed E-state index contributed by atoms with van der Waals surface area (Å²) in [4.78, 5) is 30.1. The van der Waals surface area contributed by atoms with E-state index >= 15 is 0 Å². The van der Waals surface area contributed by atoms with Gasteiger partial charge in [0.05, 0.1) is 20.1 Å². The normalized spacial score (nSPS) is 18.5. The van der Waals surface area contributed by atoms with E-state index in [2.05, 4.69) is 7.05 Å². The van der Waals surface area contributed by atoms with Crippen LogP contribution < -0.4 is 14.5 Å². The van der Waals surface area contributed by atoms with Crippen molar-refractivity contribution in [1.82, 2.24) is 4.90 Å². The zero-order valence-electron chi connectivity index (χ0n) is 18.4. The average Bonchev–Trinajstić information content (AvgIpc) is 2.77. The molecule has 0 spiro atoms. The number of nitrogens with zero attached hydrogens (tertiary/aromatic N) is 2. The van der Waals surface area contributed by atoms with Gasteiger partial charge in [-0.15, -0.1) is 0 Å². The third-order valence-corrected chi connectivity index (χ3v) is 5.94. The van der Waals surface area contributed by atoms with Crippen molar-refractivity contribution in [2.45, 2.75) is 25.8 Å². The van der Waals surface area contributed by atoms with Crippen LogP contribution in [0.25, 0.3) is 0 Å². The molecular formula is C24H32N3O3+. The van der Waals surface area contributed by atoms with Gasteiger partial charge in [-0.25, -0.2) is 0 Å². The second-order valence-electron chi connectivity index (χ2n) is 8.21. The molecule has 1 aliphatic rings. The van der Waals surface area contributed by atoms with E-state index in [1.165, 1.54) is 4.90 Å². The van der Waals surface area contributed by atoms with E-state index in [4.69, 9.17) is 4.74 Å². The number of piperidine rings is 1. The number of nitrogens with one attached hydrogen (secondary N) is 1. The summed E-state index contributed by atoms with van der Waals surface area (Å²) in [7, 11) is 5.81. The Morgan fingerprint density at radius 3 is 2.20 bits per heavy atom. The van der Waals surface area contributed by atoms with E-state index < -0.39 is 0 Å². The summed E-state index contributed by atoms with van der Waals surface area (Å²) in [5.41, 5.74) is 2.53. The first kappa shape index (κ1) is 21.8. The zero-order chi connectivity index (χ0) is 21.7. The second kappa shape index (κ2) is 9.76. The summed E-state index contributed by atoms with van der Waals surface area (Å²) < 4.78 is 5.69. The van der Waals surface area contributed by atoms with Gasteiger partial charge in [0.2, 0.25) is 0 Å². The molecule has 1 aliphatic heterocycles. The van der Waals surface area contributed by atoms with E-state index in [1.807, 2.05) is 55.3 Å². The molecule has 0 radical (unpaired) electrons. The molecule has 160 valence electrons. The van der Waals surface area contributed by atoms with Crippen molar-refractivity contribution in [3.05, 3.63) is 59.7 Å². The second-order valence-corrected chi connectivity index (χ2v) is 8.21. The van der Waals surface area contributed by atoms with Crippen LogP contribution in [0.1, 0.15) is 28.8 Å². The Balaban J connectivity index is 1.53. The van der Waals surface area contributed by atoms with Crippen LogP contribution in [0.4, 0.5) is 5.69 Å². The quantitative estimate of drug-likeness (QED) is 0.790. The van der Waals surface area contributed by atoms with Crippen LogP contribution in [0.2, 0.25) is 0 Å². The minimum atomic E-state index is -0.0690. The van der Waals surface area contributed by atoms with Gasteiger partial charge in [-0.2, -0.15) is 0 Å². The molecule has 1 saturated heterocycles. The van der Waals surface area contributed by atoms with Crippen molar-refractivity contribution in [3.8, 4) is 5.75 Å². The summed E-state index contributed by atoms with van der Waals surface area (Å²) in [5, 5.41) is 0. The SMILES string of the molecule is Cc1ccc(C(=O)N(C)c2ccc(OCC(=O)N(C)C3CC[NH+](C)CC3)cc2)cc1. The van der Waals surface area contributed by atoms with Crippen LogP contribution in [0.3, 0.4) is 0 Å². The Labute approximate surface area is 179 Å². The number of amides is 2. The number of benzene rings is 2. The van der Waals surface area contributed by atoms with Crippen LogP contribution >= 0.6 is 0 Å². The third kappa shape index (κ3) is 5.39. The molecular weight excluding hydrogens is 378 g/mol. The highest BCUT2D eigenvalue weighted by atomic mass is 16.5. The minimum absolute atomic E-state index is 0.00436. The summed E-state index contributed by atoms with van der Waals surface area (Å²) >= 11 is 0. The highest BCUT2D eigenvalue weighted by Gasteiger charge is 2.26. The summed E-state index contributed by atoms with van der Waals surface area (Å²) in [6, 6.07) is 15.1. The van der Waals surface area contributed by atoms with Gasteiger partial charge in [-0.1, -0.05) is 17.7 Å². The zero-order valence-corrected chi connectivity index (χ0v) is 18.4. The highest BCUT2D eigenvalue weighted by Crippen LogP contribution is 2.20. The lowest BCUT2D eigenvalue weighted by molar-refractivity contribution is -0.885. The first-order valence-corrected chi connectivity index (χ1v) is 10.5. The molecule has 6 nitrogen and oxygen atoms in total. The van der Waals surface area contributed by atoms with Crippen LogP contribution in [0.5, 0.6) is 5.75 Å². The molecule has 0 aromatic heterocycles. The van der Waals surface area contributed by atoms with Gasteiger partial charge in [0.1, 0.15) is 5.75 Å². The van der Waals surface area contributed by atoms with Gasteiger partial charge >= 0.3 is 0 Å². The van der Waals surface area contributed by atoms with Crippen LogP contribution in [0.15, 0.2) is 48.5 Å². The number of ether oxygens (including phenoxy) is 1. The fourth-order valence-electron chi connectivity index (χ4n) is 3.71. The van der Waals surface area contributed by atoms with Crippen molar-refractivity contribution in [3.63, 3.8) is 0 Å². The van der Waals surface area contributed by atoms with Crippen molar-refractivity contribution < 1.29 is 19.2 Å². The lowest BCUT2D eigenvalue weighted by Crippen LogP contribution is -3.10. The smallest absolute Gasteiger partial charge is 0.260 e. The Kier molecular flexibility index (Phi) is 7.11. The van der Waals surface area contributed by atoms with E-state index in [-0.39, 0.29) is 18.4 Å². The van der Waals surface area contributed by atoms with E-state index in [0.717, 1.165) is 37.2 Å². The average molecular weight is 411 g/mol. The molecule has 3 rings (SSSR count). The topological polar surface area (TPSA) is 54.3 Å². The lowest BCUT2D eigenvalue weighted by Gasteiger charge is -2.33. The molecule has 0 bridgehead atoms. The first-order valence-electron chi connectivity index (χ1n) is 10.5. The lowest BCUT2D eigenvalue weighted by atomic mass is 10.0. The predicted molar refractivity (Wildman–Crippen MR) is 118 cm³/mol. The van der Waals surface area contributed by atoms with Gasteiger partial charge < -0.3 is 19.4 Å². The molecule has 0 aliphatic carbocycles. The van der Waals surface area contributed by atoms with Crippen LogP contribution in [-0.2, 0) is 4.79 Å². The van der Waals surface area contributed by atoms with Crippen molar-refractivity contribution in [2.75, 3.05) is 45.7 Å². The minimum Gasteiger partial charge on any atom is -0.484 e. The van der Waals surface area contributed by atoms with Crippen molar-refractivity contribution in [2.24, 2.45) is 0 Å². The summed E-state index contributed by atoms with van der Waals surface area (Å²) in [5.74, 6) is 0.542. The molecule has 2 aromatic carbocycles. The molecule has 2 aromatic rings. The number of carbonyl (C=O) groups excluding carboxylic acids is 2. The van der Waals surface area contributed by atoms with E-state index in [9.17, 15) is 9.59 Å². The molecule has 0 saturated carbocycles. The fourth-order valence-corrected chi connectivity index (χ4v) is 3.71. The maximum absolute atomic E-state index is 12.6. The maximum atomic E-state index is 12.6. The summed E-state index contributed by atoms with van der Waals surface area (Å²) in [6.45, 7) is 4.21. The van der Waals surface area contributed by atoms with Gasteiger partial charge in [0, 0.05) is 44.2 Å². The number of anilines is 1. The predicted octanol–water partition coefficient (Wildman–Crippen LogP) is 1.79. The van der Waals surface area contributed by atoms with E-state index in [1.54, 1.807) is 24.1 Å². The van der Waals surface area contributed by atoms with Gasteiger partial charge in [-0.05, 0) is 43.3 Å². The number of hydrogen-bond acceptors (Lipinski definition) is 3. The number of rotatable bonds is 6. The number of carbonyl (C=O) groups is 2. The molecule has 1 fully saturated rings. The van der Waals surface area contributed by atoms with Gasteiger partial charge in [-0.3, -0.25) is 9.59 Å². The molecule has 0 unspecified atom stereocenters. The van der Waals surface area contributed by atoms with Gasteiger partial charge in [0.15, 0.2) is 6.61 Å². The van der Waals surface area contributed by atoms with Crippen molar-refractivity contribution >= 4 is 17.5 Å². The van der Waals surface area contributed by atoms with Crippen LogP contribution in [0, 0.1) is 6.92 Å². The number of likely N-dealkylation sites (tertiary alicyclic amines) is 1. The van der Waals surface area contributed by atoms with Gasteiger partial charge in [0.25, 0.3) is 11.8 Å². The standard InChI is InChI=1S/C24H31N3O3/c1-18-5-7-19(8-6-18)24(29)27(4)20-9-11-22(12-10-20)30-17-23(28)26(3)21-13-15-25(2)16-14-21/h5-12,21H,13-17H2,1-4H3/p+1. The summed E-state index contributed by atoms with van der Waals surface area (Å²) in [6.07, 6.45) is 2.06. The number of likely N-dealkylation sites (N-methyl/N-ethyl adjacent to an activating group) is 1. The maximum Gasteiger partial charge on any atom is 0.260 e. The molecule has 0 atom stereocenters. The molecule has 1 heterocycles. The molecule has 2 amide bonds. The fraction of sp³-hybridized carbons (Fsp3) is 0.417. The number of aryl methyl sites for hydroxylation is 1. The Morgan fingerprint density at radius 1 is 1.00 bits per heavy atom. The molecule has 6 heteroatoms. The van der Waals surface area contributed by atoms with E-state index in [0.29, 0.717) is 17.4 Å². The third-order valence-electron chi connectivity index (χ3n) is 5.94. The number of hydrogen-bond donors (Lipinski definition) is 1. The van der Waals surface area contributed by atoms with Crippen molar-refractivity contribution in [1.29, 1.82) is 0 Å².